The molecule has 5 nitrogen and oxygen atoms in total. The monoisotopic (exact) mass is 458 g/mol. The number of benzene rings is 2. The summed E-state index contributed by atoms with van der Waals surface area (Å²) in [7, 11) is 0. The van der Waals surface area contributed by atoms with Crippen LogP contribution in [0, 0.1) is 12.8 Å². The molecule has 0 atom stereocenters. The molecule has 3 rings (SSSR count). The third-order valence-electron chi connectivity index (χ3n) is 4.97. The van der Waals surface area contributed by atoms with E-state index < -0.39 is 0 Å². The maximum Gasteiger partial charge on any atom is 0.262 e. The molecular formula is C23H27BrN2O3. The Bertz CT molecular complexity index is 930. The van der Waals surface area contributed by atoms with E-state index in [0.29, 0.717) is 11.4 Å². The van der Waals surface area contributed by atoms with Crippen LogP contribution in [0.3, 0.4) is 0 Å². The van der Waals surface area contributed by atoms with Gasteiger partial charge in [0, 0.05) is 17.3 Å². The van der Waals surface area contributed by atoms with E-state index in [1.807, 2.05) is 43.3 Å². The summed E-state index contributed by atoms with van der Waals surface area (Å²) in [6.07, 6.45) is 1.90. The van der Waals surface area contributed by atoms with Crippen LogP contribution in [0.5, 0.6) is 5.75 Å². The Morgan fingerprint density at radius 2 is 1.76 bits per heavy atom. The zero-order valence-electron chi connectivity index (χ0n) is 17.3. The summed E-state index contributed by atoms with van der Waals surface area (Å²) in [4.78, 5) is 24.4. The second kappa shape index (κ2) is 8.57. The third kappa shape index (κ3) is 5.60. The highest BCUT2D eigenvalue weighted by atomic mass is 79.9. The van der Waals surface area contributed by atoms with Gasteiger partial charge in [-0.2, -0.15) is 0 Å². The van der Waals surface area contributed by atoms with Gasteiger partial charge in [0.1, 0.15) is 5.75 Å². The van der Waals surface area contributed by atoms with E-state index in [0.717, 1.165) is 28.6 Å². The highest BCUT2D eigenvalue weighted by molar-refractivity contribution is 9.10. The number of anilines is 2. The van der Waals surface area contributed by atoms with Gasteiger partial charge in [0.05, 0.1) is 4.47 Å². The number of ether oxygens (including phenoxy) is 1. The normalized spacial score (nSPS) is 13.7. The van der Waals surface area contributed by atoms with E-state index in [4.69, 9.17) is 4.74 Å². The molecule has 29 heavy (non-hydrogen) atoms. The van der Waals surface area contributed by atoms with Crippen molar-refractivity contribution in [3.8, 4) is 5.75 Å². The first-order valence-electron chi connectivity index (χ1n) is 9.78. The van der Waals surface area contributed by atoms with Crippen molar-refractivity contribution in [2.45, 2.75) is 46.0 Å². The van der Waals surface area contributed by atoms with Crippen LogP contribution >= 0.6 is 15.9 Å². The SMILES string of the molecule is Cc1c(NC(=O)COc2ccc(C(C)(C)C)cc2Br)cccc1NC(=O)C1CC1. The molecule has 1 aliphatic rings. The number of hydrogen-bond acceptors (Lipinski definition) is 3. The van der Waals surface area contributed by atoms with E-state index in [9.17, 15) is 9.59 Å². The smallest absolute Gasteiger partial charge is 0.262 e. The summed E-state index contributed by atoms with van der Waals surface area (Å²) < 4.78 is 6.50. The third-order valence-corrected chi connectivity index (χ3v) is 5.59. The Morgan fingerprint density at radius 3 is 2.34 bits per heavy atom. The molecule has 0 aromatic heterocycles. The average Bonchev–Trinajstić information content (AvgIpc) is 3.48. The molecule has 2 aromatic carbocycles. The van der Waals surface area contributed by atoms with Crippen LogP contribution in [-0.2, 0) is 15.0 Å². The molecular weight excluding hydrogens is 432 g/mol. The van der Waals surface area contributed by atoms with Gasteiger partial charge in [-0.15, -0.1) is 0 Å². The number of amides is 2. The number of hydrogen-bond donors (Lipinski definition) is 2. The lowest BCUT2D eigenvalue weighted by Gasteiger charge is -2.20. The maximum atomic E-state index is 12.4. The highest BCUT2D eigenvalue weighted by Crippen LogP contribution is 2.33. The van der Waals surface area contributed by atoms with E-state index in [1.165, 1.54) is 5.56 Å². The quantitative estimate of drug-likeness (QED) is 0.606. The van der Waals surface area contributed by atoms with Gasteiger partial charge < -0.3 is 15.4 Å². The summed E-state index contributed by atoms with van der Waals surface area (Å²) in [5.74, 6) is 0.536. The predicted octanol–water partition coefficient (Wildman–Crippen LogP) is 5.42. The Labute approximate surface area is 180 Å². The van der Waals surface area contributed by atoms with Crippen LogP contribution in [0.25, 0.3) is 0 Å². The maximum absolute atomic E-state index is 12.4. The topological polar surface area (TPSA) is 67.4 Å². The number of halogens is 1. The van der Waals surface area contributed by atoms with E-state index in [1.54, 1.807) is 0 Å². The Balaban J connectivity index is 1.60. The highest BCUT2D eigenvalue weighted by Gasteiger charge is 2.29. The molecule has 1 aliphatic carbocycles. The molecule has 0 aliphatic heterocycles. The molecule has 2 amide bonds. The van der Waals surface area contributed by atoms with Gasteiger partial charge in [0.15, 0.2) is 6.61 Å². The predicted molar refractivity (Wildman–Crippen MR) is 119 cm³/mol. The summed E-state index contributed by atoms with van der Waals surface area (Å²) in [6.45, 7) is 8.21. The Morgan fingerprint density at radius 1 is 1.10 bits per heavy atom. The Kier molecular flexibility index (Phi) is 6.32. The van der Waals surface area contributed by atoms with Crippen LogP contribution in [-0.4, -0.2) is 18.4 Å². The van der Waals surface area contributed by atoms with Crippen LogP contribution in [0.2, 0.25) is 0 Å². The molecule has 154 valence electrons. The van der Waals surface area contributed by atoms with E-state index in [2.05, 4.69) is 47.3 Å². The lowest BCUT2D eigenvalue weighted by molar-refractivity contribution is -0.118. The van der Waals surface area contributed by atoms with Crippen molar-refractivity contribution in [2.75, 3.05) is 17.2 Å². The average molecular weight is 459 g/mol. The first-order chi connectivity index (χ1) is 13.6. The molecule has 0 heterocycles. The van der Waals surface area contributed by atoms with Crippen molar-refractivity contribution >= 4 is 39.1 Å². The van der Waals surface area contributed by atoms with Gasteiger partial charge in [-0.05, 0) is 76.5 Å². The molecule has 2 aromatic rings. The van der Waals surface area contributed by atoms with Crippen molar-refractivity contribution in [1.29, 1.82) is 0 Å². The first-order valence-corrected chi connectivity index (χ1v) is 10.6. The van der Waals surface area contributed by atoms with Gasteiger partial charge in [-0.1, -0.05) is 32.9 Å². The summed E-state index contributed by atoms with van der Waals surface area (Å²) in [6, 6.07) is 11.4. The van der Waals surface area contributed by atoms with Gasteiger partial charge in [-0.25, -0.2) is 0 Å². The fourth-order valence-electron chi connectivity index (χ4n) is 2.90. The van der Waals surface area contributed by atoms with Gasteiger partial charge >= 0.3 is 0 Å². The minimum Gasteiger partial charge on any atom is -0.483 e. The molecule has 0 saturated heterocycles. The first kappa shape index (κ1) is 21.4. The summed E-state index contributed by atoms with van der Waals surface area (Å²) in [5.41, 5.74) is 3.43. The van der Waals surface area contributed by atoms with Crippen LogP contribution in [0.4, 0.5) is 11.4 Å². The van der Waals surface area contributed by atoms with Crippen molar-refractivity contribution in [3.05, 3.63) is 52.0 Å². The molecule has 0 radical (unpaired) electrons. The number of carbonyl (C=O) groups excluding carboxylic acids is 2. The zero-order chi connectivity index (χ0) is 21.2. The molecule has 0 spiro atoms. The fraction of sp³-hybridized carbons (Fsp3) is 0.391. The van der Waals surface area contributed by atoms with Crippen LogP contribution < -0.4 is 15.4 Å². The zero-order valence-corrected chi connectivity index (χ0v) is 18.9. The lowest BCUT2D eigenvalue weighted by atomic mass is 9.87. The molecule has 6 heteroatoms. The number of carbonyl (C=O) groups is 2. The molecule has 2 N–H and O–H groups in total. The number of nitrogens with one attached hydrogen (secondary N) is 2. The second-order valence-electron chi connectivity index (χ2n) is 8.47. The number of rotatable bonds is 6. The van der Waals surface area contributed by atoms with Crippen LogP contribution in [0.1, 0.15) is 44.7 Å². The van der Waals surface area contributed by atoms with Crippen molar-refractivity contribution in [3.63, 3.8) is 0 Å². The lowest BCUT2D eigenvalue weighted by Crippen LogP contribution is -2.21. The van der Waals surface area contributed by atoms with Gasteiger partial charge in [-0.3, -0.25) is 9.59 Å². The molecule has 1 saturated carbocycles. The standard InChI is InChI=1S/C23H27BrN2O3/c1-14-18(6-5-7-19(14)26-22(28)15-8-9-15)25-21(27)13-29-20-11-10-16(12-17(20)24)23(2,3)4/h5-7,10-12,15H,8-9,13H2,1-4H3,(H,25,27)(H,26,28). The molecule has 1 fully saturated rings. The molecule has 0 unspecified atom stereocenters. The van der Waals surface area contributed by atoms with Crippen LogP contribution in [0.15, 0.2) is 40.9 Å². The molecule has 0 bridgehead atoms. The summed E-state index contributed by atoms with van der Waals surface area (Å²) >= 11 is 3.52. The van der Waals surface area contributed by atoms with Gasteiger partial charge in [0.2, 0.25) is 5.91 Å². The largest absolute Gasteiger partial charge is 0.483 e. The van der Waals surface area contributed by atoms with Gasteiger partial charge in [0.25, 0.3) is 5.91 Å². The summed E-state index contributed by atoms with van der Waals surface area (Å²) in [5, 5.41) is 5.80. The minimum absolute atomic E-state index is 0.0376. The fourth-order valence-corrected chi connectivity index (χ4v) is 3.39. The van der Waals surface area contributed by atoms with E-state index in [-0.39, 0.29) is 29.8 Å². The van der Waals surface area contributed by atoms with Crippen molar-refractivity contribution in [1.82, 2.24) is 0 Å². The van der Waals surface area contributed by atoms with E-state index >= 15 is 0 Å². The Hall–Kier alpha value is -2.34. The van der Waals surface area contributed by atoms with Crippen molar-refractivity contribution < 1.29 is 14.3 Å². The second-order valence-corrected chi connectivity index (χ2v) is 9.33. The van der Waals surface area contributed by atoms with Crippen molar-refractivity contribution in [2.24, 2.45) is 5.92 Å². The minimum atomic E-state index is -0.259.